The van der Waals surface area contributed by atoms with Gasteiger partial charge in [-0.3, -0.25) is 14.5 Å². The zero-order valence-electron chi connectivity index (χ0n) is 29.5. The van der Waals surface area contributed by atoms with Gasteiger partial charge in [0.1, 0.15) is 47.4 Å². The number of pyridine rings is 1. The fourth-order valence-electron chi connectivity index (χ4n) is 6.93. The molecule has 1 aromatic carbocycles. The van der Waals surface area contributed by atoms with Crippen molar-refractivity contribution >= 4 is 46.5 Å². The Bertz CT molecular complexity index is 1690. The van der Waals surface area contributed by atoms with Crippen LogP contribution in [0.3, 0.4) is 0 Å². The van der Waals surface area contributed by atoms with E-state index < -0.39 is 41.5 Å². The maximum Gasteiger partial charge on any atom is 0.408 e. The molecule has 3 heterocycles. The molecule has 5 atom stereocenters. The van der Waals surface area contributed by atoms with Crippen LogP contribution in [0, 0.1) is 11.3 Å². The highest BCUT2D eigenvalue weighted by atomic mass is 35.5. The molecule has 1 aromatic heterocycles. The second-order valence-electron chi connectivity index (χ2n) is 15.0. The van der Waals surface area contributed by atoms with E-state index in [-0.39, 0.29) is 19.1 Å². The number of hydrogen-bond donors (Lipinski definition) is 2. The fourth-order valence-corrected chi connectivity index (χ4v) is 7.19. The van der Waals surface area contributed by atoms with Crippen molar-refractivity contribution in [3.05, 3.63) is 46.1 Å². The molecule has 6 rings (SSSR count). The molecule has 1 saturated carbocycles. The van der Waals surface area contributed by atoms with Crippen LogP contribution in [0.5, 0.6) is 11.5 Å². The molecule has 50 heavy (non-hydrogen) atoms. The van der Waals surface area contributed by atoms with Crippen LogP contribution >= 0.6 is 11.6 Å². The quantitative estimate of drug-likeness (QED) is 0.317. The van der Waals surface area contributed by atoms with Gasteiger partial charge in [0.05, 0.1) is 31.0 Å². The number of allylic oxidation sites excluding steroid dienone is 2. The molecule has 2 aromatic rings. The molecule has 270 valence electrons. The van der Waals surface area contributed by atoms with Crippen LogP contribution in [0.15, 0.2) is 35.4 Å². The largest absolute Gasteiger partial charge is 0.491 e. The van der Waals surface area contributed by atoms with Crippen LogP contribution in [0.25, 0.3) is 17.0 Å². The molecular weight excluding hydrogens is 662 g/mol. The molecule has 13 heteroatoms. The lowest BCUT2D eigenvalue weighted by Gasteiger charge is -2.34. The fraction of sp³-hybridized carbons (Fsp3) is 0.568. The third kappa shape index (κ3) is 8.35. The maximum atomic E-state index is 14.1. The molecule has 12 nitrogen and oxygen atoms in total. The molecule has 2 saturated heterocycles. The van der Waals surface area contributed by atoms with Gasteiger partial charge in [-0.15, -0.1) is 0 Å². The van der Waals surface area contributed by atoms with Crippen molar-refractivity contribution < 1.29 is 33.3 Å². The van der Waals surface area contributed by atoms with Gasteiger partial charge < -0.3 is 34.9 Å². The van der Waals surface area contributed by atoms with Crippen molar-refractivity contribution in [2.24, 2.45) is 17.1 Å². The number of hydrogen-bond acceptors (Lipinski definition) is 9. The summed E-state index contributed by atoms with van der Waals surface area (Å²) >= 11 is 6.91. The Morgan fingerprint density at radius 2 is 1.92 bits per heavy atom. The number of nitrogens with zero attached hydrogens (tertiary/aromatic N) is 3. The number of nitrogens with two attached hydrogens (primary N) is 1. The van der Waals surface area contributed by atoms with Crippen molar-refractivity contribution in [1.29, 1.82) is 0 Å². The Hall–Kier alpha value is -3.87. The number of benzene rings is 1. The lowest BCUT2D eigenvalue weighted by Crippen LogP contribution is -2.57. The summed E-state index contributed by atoms with van der Waals surface area (Å²) in [5.41, 5.74) is 8.67. The van der Waals surface area contributed by atoms with Crippen molar-refractivity contribution in [3.8, 4) is 11.5 Å². The topological polar surface area (TPSA) is 146 Å². The van der Waals surface area contributed by atoms with Gasteiger partial charge in [0, 0.05) is 37.5 Å². The number of fused-ring (bicyclic) bond motifs is 2. The number of aromatic nitrogens is 1. The van der Waals surface area contributed by atoms with E-state index in [4.69, 9.17) is 41.3 Å². The highest BCUT2D eigenvalue weighted by Gasteiger charge is 2.46. The number of ether oxygens (including phenoxy) is 4. The monoisotopic (exact) mass is 709 g/mol. The Morgan fingerprint density at radius 1 is 1.16 bits per heavy atom. The van der Waals surface area contributed by atoms with Gasteiger partial charge in [0.15, 0.2) is 0 Å². The number of nitrogens with one attached hydrogen (secondary N) is 1. The minimum absolute atomic E-state index is 0.0877. The number of likely N-dealkylation sites (tertiary alicyclic amines) is 1. The number of rotatable bonds is 11. The molecule has 2 aliphatic carbocycles. The molecule has 3 fully saturated rings. The number of carbonyl (C=O) groups is 3. The minimum atomic E-state index is -0.967. The Kier molecular flexibility index (Phi) is 10.6. The van der Waals surface area contributed by atoms with Crippen LogP contribution in [0.1, 0.15) is 59.6 Å². The molecule has 0 radical (unpaired) electrons. The number of alkyl carbamates (subject to hydrolysis) is 1. The minimum Gasteiger partial charge on any atom is -0.491 e. The van der Waals surface area contributed by atoms with E-state index in [0.29, 0.717) is 58.9 Å². The second-order valence-corrected chi connectivity index (χ2v) is 15.4. The van der Waals surface area contributed by atoms with Gasteiger partial charge in [-0.1, -0.05) is 43.5 Å². The smallest absolute Gasteiger partial charge is 0.408 e. The van der Waals surface area contributed by atoms with Crippen molar-refractivity contribution in [2.75, 3.05) is 46.0 Å². The summed E-state index contributed by atoms with van der Waals surface area (Å²) in [5, 5.41) is 3.82. The van der Waals surface area contributed by atoms with Crippen LogP contribution in [0.2, 0.25) is 5.02 Å². The van der Waals surface area contributed by atoms with E-state index in [0.717, 1.165) is 38.0 Å². The first-order chi connectivity index (χ1) is 23.8. The summed E-state index contributed by atoms with van der Waals surface area (Å²) in [5.74, 6) is 0.460. The van der Waals surface area contributed by atoms with Gasteiger partial charge in [-0.25, -0.2) is 9.78 Å². The van der Waals surface area contributed by atoms with Crippen molar-refractivity contribution in [3.63, 3.8) is 0 Å². The van der Waals surface area contributed by atoms with E-state index in [9.17, 15) is 14.4 Å². The lowest BCUT2D eigenvalue weighted by atomic mass is 9.85. The lowest BCUT2D eigenvalue weighted by molar-refractivity contribution is -0.141. The van der Waals surface area contributed by atoms with Crippen LogP contribution in [-0.4, -0.2) is 103 Å². The standard InChI is InChI=1S/C37H48ClN5O7/c1-21(2)14-24-18-30(27-6-7-29(31(38)32(27)40-24)48-13-10-42-8-11-47-12-9-42)49-26-19-28(34(39)44)43(20-26)35(45)33(37(3,4)5)41-36(46)50-25-16-22-15-23(22)17-25/h6-7,14,16,18,23,25-26,28,33H,8-13,15,17,19-20H2,1-5H3,(H2,39,44)(H,41,46)/t23-,25-,26?,28+,33-/m1/s1. The van der Waals surface area contributed by atoms with Gasteiger partial charge in [-0.2, -0.15) is 0 Å². The maximum absolute atomic E-state index is 14.1. The van der Waals surface area contributed by atoms with Gasteiger partial charge in [0.25, 0.3) is 0 Å². The van der Waals surface area contributed by atoms with E-state index >= 15 is 0 Å². The van der Waals surface area contributed by atoms with E-state index in [1.807, 2.05) is 58.9 Å². The van der Waals surface area contributed by atoms with E-state index in [1.165, 1.54) is 10.5 Å². The third-order valence-corrected chi connectivity index (χ3v) is 10.0. The van der Waals surface area contributed by atoms with Crippen LogP contribution in [-0.2, 0) is 19.1 Å². The second kappa shape index (κ2) is 14.8. The molecule has 1 unspecified atom stereocenters. The van der Waals surface area contributed by atoms with E-state index in [2.05, 4.69) is 10.2 Å². The molecule has 4 aliphatic rings. The Labute approximate surface area is 298 Å². The molecule has 2 aliphatic heterocycles. The van der Waals surface area contributed by atoms with Crippen LogP contribution in [0.4, 0.5) is 4.79 Å². The highest BCUT2D eigenvalue weighted by Crippen LogP contribution is 2.47. The van der Waals surface area contributed by atoms with Crippen molar-refractivity contribution in [2.45, 2.75) is 78.2 Å². The predicted molar refractivity (Wildman–Crippen MR) is 190 cm³/mol. The summed E-state index contributed by atoms with van der Waals surface area (Å²) in [6, 6.07) is 3.59. The summed E-state index contributed by atoms with van der Waals surface area (Å²) in [7, 11) is 0. The number of carbonyl (C=O) groups excluding carboxylic acids is 3. The summed E-state index contributed by atoms with van der Waals surface area (Å²) in [6.07, 6.45) is 4.41. The zero-order chi connectivity index (χ0) is 35.7. The number of primary amides is 1. The molecule has 3 amide bonds. The number of morpholine rings is 1. The average Bonchev–Trinajstić information content (AvgIpc) is 3.43. The summed E-state index contributed by atoms with van der Waals surface area (Å²) in [4.78, 5) is 48.3. The van der Waals surface area contributed by atoms with Gasteiger partial charge >= 0.3 is 6.09 Å². The third-order valence-electron chi connectivity index (χ3n) is 9.64. The summed E-state index contributed by atoms with van der Waals surface area (Å²) < 4.78 is 23.7. The zero-order valence-corrected chi connectivity index (χ0v) is 30.3. The highest BCUT2D eigenvalue weighted by molar-refractivity contribution is 6.36. The average molecular weight is 710 g/mol. The molecule has 0 bridgehead atoms. The Morgan fingerprint density at radius 3 is 2.58 bits per heavy atom. The normalized spacial score (nSPS) is 23.9. The van der Waals surface area contributed by atoms with Gasteiger partial charge in [-0.05, 0) is 62.3 Å². The molecular formula is C37H48ClN5O7. The first-order valence-electron chi connectivity index (χ1n) is 17.4. The molecule has 3 N–H and O–H groups in total. The van der Waals surface area contributed by atoms with Crippen molar-refractivity contribution in [1.82, 2.24) is 20.1 Å². The first-order valence-corrected chi connectivity index (χ1v) is 17.8. The SMILES string of the molecule is CC(C)=Cc1cc(OC2C[C@@H](C(N)=O)N(C(=O)[C@@H](NC(=O)O[C@@H]3C=C4C[C@@H]4C3)C(C)(C)C)C2)c2ccc(OCCN3CCOCC3)c(Cl)c2n1. The van der Waals surface area contributed by atoms with Gasteiger partial charge in [0.2, 0.25) is 11.8 Å². The summed E-state index contributed by atoms with van der Waals surface area (Å²) in [6.45, 7) is 14.0. The van der Waals surface area contributed by atoms with Crippen LogP contribution < -0.4 is 20.5 Å². The van der Waals surface area contributed by atoms with E-state index in [1.54, 1.807) is 6.07 Å². The predicted octanol–water partition coefficient (Wildman–Crippen LogP) is 4.72. The number of halogens is 1. The number of amides is 3. The molecule has 0 spiro atoms. The Balaban J connectivity index is 1.20. The first kappa shape index (κ1) is 35.9.